The fraction of sp³-hybridized carbons (Fsp3) is 0.229. The highest BCUT2D eigenvalue weighted by atomic mass is 16.5. The molecule has 93 heavy (non-hydrogen) atoms. The lowest BCUT2D eigenvalue weighted by molar-refractivity contribution is 0.181. The first kappa shape index (κ1) is 62.9. The average Bonchev–Trinajstić information content (AvgIpc) is 0.773. The number of amidine groups is 4. The molecule has 2 atom stereocenters. The molecule has 10 aromatic carbocycles. The van der Waals surface area contributed by atoms with Gasteiger partial charge in [-0.15, -0.1) is 0 Å². The summed E-state index contributed by atoms with van der Waals surface area (Å²) in [4.78, 5) is 26.7. The Hall–Kier alpha value is -10.3. The van der Waals surface area contributed by atoms with Crippen LogP contribution in [0, 0.1) is 0 Å². The van der Waals surface area contributed by atoms with Crippen LogP contribution in [0.15, 0.2) is 275 Å². The van der Waals surface area contributed by atoms with Crippen molar-refractivity contribution in [1.82, 2.24) is 9.80 Å². The third kappa shape index (κ3) is 15.7. The van der Waals surface area contributed by atoms with Crippen molar-refractivity contribution < 1.29 is 19.7 Å². The Bertz CT molecular complexity index is 3890. The van der Waals surface area contributed by atoms with Crippen molar-refractivity contribution in [3.63, 3.8) is 0 Å². The number of ether oxygens (including phenoxy) is 2. The third-order valence-corrected chi connectivity index (χ3v) is 17.4. The van der Waals surface area contributed by atoms with Crippen LogP contribution in [0.5, 0.6) is 23.0 Å². The van der Waals surface area contributed by atoms with Crippen LogP contribution in [0.4, 0.5) is 0 Å². The molecule has 0 saturated carbocycles. The van der Waals surface area contributed by atoms with Crippen LogP contribution in [0.25, 0.3) is 44.5 Å². The van der Waals surface area contributed by atoms with Crippen LogP contribution in [0.3, 0.4) is 0 Å². The molecule has 0 spiro atoms. The summed E-state index contributed by atoms with van der Waals surface area (Å²) in [7, 11) is 0. The first-order valence-electron chi connectivity index (χ1n) is 33.3. The van der Waals surface area contributed by atoms with Crippen molar-refractivity contribution in [2.75, 3.05) is 19.9 Å². The second kappa shape index (κ2) is 31.1. The van der Waals surface area contributed by atoms with Gasteiger partial charge in [-0.25, -0.2) is 20.0 Å². The van der Waals surface area contributed by atoms with Gasteiger partial charge in [0.25, 0.3) is 0 Å². The van der Waals surface area contributed by atoms with Crippen molar-refractivity contribution >= 4 is 23.3 Å². The van der Waals surface area contributed by atoms with E-state index in [1.54, 1.807) is 12.1 Å². The minimum Gasteiger partial charge on any atom is -0.507 e. The van der Waals surface area contributed by atoms with E-state index < -0.39 is 12.3 Å². The summed E-state index contributed by atoms with van der Waals surface area (Å²) < 4.78 is 12.7. The van der Waals surface area contributed by atoms with Crippen LogP contribution >= 0.6 is 0 Å². The van der Waals surface area contributed by atoms with Gasteiger partial charge in [-0.3, -0.25) is 0 Å². The Balaban J connectivity index is 1.01. The second-order valence-corrected chi connectivity index (χ2v) is 24.1. The van der Waals surface area contributed by atoms with Gasteiger partial charge in [0.15, 0.2) is 24.0 Å². The van der Waals surface area contributed by atoms with Crippen LogP contribution in [-0.4, -0.2) is 63.2 Å². The molecule has 2 aliphatic rings. The summed E-state index contributed by atoms with van der Waals surface area (Å²) >= 11 is 0. The number of unbranched alkanes of at least 4 members (excludes halogenated alkanes) is 10. The minimum absolute atomic E-state index is 0.0303. The number of benzene rings is 10. The molecule has 0 saturated heterocycles. The zero-order chi connectivity index (χ0) is 63.6. The maximum atomic E-state index is 12.6. The van der Waals surface area contributed by atoms with Crippen molar-refractivity contribution in [2.45, 2.75) is 103 Å². The molecule has 2 N–H and O–H groups in total. The minimum atomic E-state index is -0.882. The summed E-state index contributed by atoms with van der Waals surface area (Å²) in [5.74, 6) is 3.42. The van der Waals surface area contributed by atoms with Crippen molar-refractivity contribution in [1.29, 1.82) is 0 Å². The highest BCUT2D eigenvalue weighted by Crippen LogP contribution is 2.42. The topological polar surface area (TPSA) is 115 Å². The number of phenolic OH excluding ortho intramolecular Hbond substituents is 2. The van der Waals surface area contributed by atoms with Gasteiger partial charge in [-0.05, 0) is 81.6 Å². The molecule has 0 aromatic heterocycles. The van der Waals surface area contributed by atoms with E-state index in [9.17, 15) is 10.2 Å². The molecular formula is C83H82N6O4. The van der Waals surface area contributed by atoms with Crippen molar-refractivity contribution in [3.8, 4) is 67.5 Å². The van der Waals surface area contributed by atoms with Crippen LogP contribution < -0.4 is 9.47 Å². The summed E-state index contributed by atoms with van der Waals surface area (Å²) in [6.45, 7) is 5.61. The first-order valence-corrected chi connectivity index (χ1v) is 33.3. The van der Waals surface area contributed by atoms with Gasteiger partial charge in [-0.1, -0.05) is 296 Å². The Labute approximate surface area is 548 Å². The molecule has 0 fully saturated rings. The Kier molecular flexibility index (Phi) is 21.0. The molecule has 0 aliphatic carbocycles. The van der Waals surface area contributed by atoms with Crippen molar-refractivity contribution in [2.24, 2.45) is 20.0 Å². The summed E-state index contributed by atoms with van der Waals surface area (Å²) in [6, 6.07) is 86.3. The standard InChI is InChI=1S/C83H82N6O4/c1-3-5-7-9-11-25-55-92-72-51-53-74(76(90)57-72)82-86-78(68-43-35-64(36-44-68)60-27-17-13-18-28-60)84-80(70-47-39-66(40-48-70)62-31-21-15-22-32-62)88(82)59-89-81(71-49-41-67(42-50-71)63-33-23-16-24-34-63)85-79(69-45-37-65(38-46-69)61-29-19-14-20-30-61)87-83(89)75-54-52-73(58-77(75)91)93-56-26-12-10-8-6-4-2/h13-24,27-54,57-58,82-83,90-91H,3-12,25-26,55-56,59H2,1-2H3. The van der Waals surface area contributed by atoms with Gasteiger partial charge in [0.1, 0.15) is 34.7 Å². The number of hydrogen-bond donors (Lipinski definition) is 2. The van der Waals surface area contributed by atoms with Gasteiger partial charge in [0, 0.05) is 45.5 Å². The highest BCUT2D eigenvalue weighted by molar-refractivity contribution is 6.15. The maximum Gasteiger partial charge on any atom is 0.159 e. The van der Waals surface area contributed by atoms with Gasteiger partial charge in [-0.2, -0.15) is 0 Å². The SMILES string of the molecule is CCCCCCCCOc1ccc(C2N=C(c3ccc(-c4ccccc4)cc3)N=C(c3ccc(-c4ccccc4)cc3)N2CN2C(c3ccc(-c4ccccc4)cc3)=NC(c3ccc(-c4ccccc4)cc3)=NC2c2ccc(OCCCCCCCC)cc2O)c(O)c1. The van der Waals surface area contributed by atoms with E-state index in [1.807, 2.05) is 72.8 Å². The lowest BCUT2D eigenvalue weighted by atomic mass is 10.0. The van der Waals surface area contributed by atoms with Gasteiger partial charge in [0.05, 0.1) is 19.9 Å². The van der Waals surface area contributed by atoms with Crippen LogP contribution in [-0.2, 0) is 0 Å². The number of phenols is 2. The molecule has 10 heteroatoms. The molecule has 12 rings (SSSR count). The summed E-state index contributed by atoms with van der Waals surface area (Å²) in [5.41, 5.74) is 13.0. The first-order chi connectivity index (χ1) is 45.9. The number of hydrogen-bond acceptors (Lipinski definition) is 10. The quantitative estimate of drug-likeness (QED) is 0.0472. The molecule has 0 radical (unpaired) electrons. The highest BCUT2D eigenvalue weighted by Gasteiger charge is 2.38. The Morgan fingerprint density at radius 3 is 0.903 bits per heavy atom. The van der Waals surface area contributed by atoms with E-state index in [0.717, 1.165) is 92.4 Å². The average molecular weight is 1230 g/mol. The van der Waals surface area contributed by atoms with E-state index in [-0.39, 0.29) is 18.2 Å². The predicted molar refractivity (Wildman–Crippen MR) is 382 cm³/mol. The zero-order valence-corrected chi connectivity index (χ0v) is 53.4. The zero-order valence-electron chi connectivity index (χ0n) is 53.4. The van der Waals surface area contributed by atoms with Crippen LogP contribution in [0.2, 0.25) is 0 Å². The maximum absolute atomic E-state index is 12.6. The lowest BCUT2D eigenvalue weighted by Crippen LogP contribution is -2.50. The molecule has 0 bridgehead atoms. The van der Waals surface area contributed by atoms with E-state index in [0.29, 0.717) is 59.2 Å². The van der Waals surface area contributed by atoms with E-state index in [1.165, 1.54) is 51.4 Å². The molecule has 2 heterocycles. The molecule has 468 valence electrons. The molecule has 2 aliphatic heterocycles. The van der Waals surface area contributed by atoms with Crippen LogP contribution in [0.1, 0.15) is 137 Å². The predicted octanol–water partition coefficient (Wildman–Crippen LogP) is 20.3. The molecule has 2 unspecified atom stereocenters. The van der Waals surface area contributed by atoms with Gasteiger partial charge < -0.3 is 29.5 Å². The number of nitrogens with zero attached hydrogens (tertiary/aromatic N) is 6. The van der Waals surface area contributed by atoms with E-state index in [4.69, 9.17) is 29.4 Å². The molecule has 10 nitrogen and oxygen atoms in total. The van der Waals surface area contributed by atoms with Gasteiger partial charge >= 0.3 is 0 Å². The monoisotopic (exact) mass is 1230 g/mol. The summed E-state index contributed by atoms with van der Waals surface area (Å²) in [6.07, 6.45) is 11.9. The van der Waals surface area contributed by atoms with E-state index >= 15 is 0 Å². The van der Waals surface area contributed by atoms with Crippen molar-refractivity contribution in [3.05, 3.63) is 288 Å². The third-order valence-electron chi connectivity index (χ3n) is 17.4. The molecule has 10 aromatic rings. The largest absolute Gasteiger partial charge is 0.507 e. The fourth-order valence-corrected chi connectivity index (χ4v) is 12.2. The molecule has 0 amide bonds. The number of aliphatic imine (C=N–C) groups is 4. The smallest absolute Gasteiger partial charge is 0.159 e. The number of aromatic hydroxyl groups is 2. The summed E-state index contributed by atoms with van der Waals surface area (Å²) in [5, 5.41) is 25.2. The number of rotatable bonds is 28. The fourth-order valence-electron chi connectivity index (χ4n) is 12.2. The van der Waals surface area contributed by atoms with E-state index in [2.05, 4.69) is 194 Å². The lowest BCUT2D eigenvalue weighted by Gasteiger charge is -2.43. The Morgan fingerprint density at radius 1 is 0.312 bits per heavy atom. The van der Waals surface area contributed by atoms with Gasteiger partial charge in [0.2, 0.25) is 0 Å². The second-order valence-electron chi connectivity index (χ2n) is 24.1. The molecular weight excluding hydrogens is 1140 g/mol. The normalized spacial score (nSPS) is 14.6. The Morgan fingerprint density at radius 2 is 0.591 bits per heavy atom.